The molecular formula is C17H21N3O2. The van der Waals surface area contributed by atoms with E-state index in [1.807, 2.05) is 41.3 Å². The van der Waals surface area contributed by atoms with Gasteiger partial charge in [-0.15, -0.1) is 0 Å². The molecule has 0 bridgehead atoms. The van der Waals surface area contributed by atoms with Crippen molar-refractivity contribution in [2.75, 3.05) is 19.7 Å². The quantitative estimate of drug-likeness (QED) is 0.943. The Morgan fingerprint density at radius 2 is 2.18 bits per heavy atom. The second kappa shape index (κ2) is 6.22. The van der Waals surface area contributed by atoms with Crippen LogP contribution in [-0.2, 0) is 10.2 Å². The van der Waals surface area contributed by atoms with Gasteiger partial charge in [0.15, 0.2) is 6.61 Å². The van der Waals surface area contributed by atoms with Gasteiger partial charge in [-0.3, -0.25) is 9.89 Å². The van der Waals surface area contributed by atoms with E-state index in [1.54, 1.807) is 6.20 Å². The highest BCUT2D eigenvalue weighted by Crippen LogP contribution is 2.32. The summed E-state index contributed by atoms with van der Waals surface area (Å²) in [5.41, 5.74) is 1.03. The Labute approximate surface area is 130 Å². The van der Waals surface area contributed by atoms with E-state index >= 15 is 0 Å². The molecule has 1 amide bonds. The summed E-state index contributed by atoms with van der Waals surface area (Å²) in [6.07, 6.45) is 3.81. The Morgan fingerprint density at radius 1 is 1.36 bits per heavy atom. The minimum absolute atomic E-state index is 0.0364. The third-order valence-corrected chi connectivity index (χ3v) is 4.31. The molecule has 0 aliphatic carbocycles. The number of carbonyl (C=O) groups excluding carboxylic acids is 1. The highest BCUT2D eigenvalue weighted by molar-refractivity contribution is 5.78. The summed E-state index contributed by atoms with van der Waals surface area (Å²) in [5, 5.41) is 7.08. The predicted octanol–water partition coefficient (Wildman–Crippen LogP) is 2.37. The van der Waals surface area contributed by atoms with Crippen LogP contribution < -0.4 is 4.74 Å². The number of ether oxygens (including phenoxy) is 1. The first kappa shape index (κ1) is 14.6. The van der Waals surface area contributed by atoms with Crippen LogP contribution in [0.3, 0.4) is 0 Å². The largest absolute Gasteiger partial charge is 0.484 e. The van der Waals surface area contributed by atoms with E-state index < -0.39 is 0 Å². The SMILES string of the molecule is C[C@@]1(c2ccn[nH]2)CCCN(C(=O)COc2ccccc2)C1. The molecule has 3 rings (SSSR count). The zero-order chi connectivity index (χ0) is 15.4. The van der Waals surface area contributed by atoms with Gasteiger partial charge in [0.1, 0.15) is 5.75 Å². The van der Waals surface area contributed by atoms with Crippen molar-refractivity contribution in [3.05, 3.63) is 48.3 Å². The number of piperidine rings is 1. The van der Waals surface area contributed by atoms with E-state index in [4.69, 9.17) is 4.74 Å². The topological polar surface area (TPSA) is 58.2 Å². The zero-order valence-corrected chi connectivity index (χ0v) is 12.8. The molecule has 2 heterocycles. The summed E-state index contributed by atoms with van der Waals surface area (Å²) in [4.78, 5) is 14.3. The molecule has 22 heavy (non-hydrogen) atoms. The smallest absolute Gasteiger partial charge is 0.260 e. The fraction of sp³-hybridized carbons (Fsp3) is 0.412. The molecule has 1 aromatic carbocycles. The van der Waals surface area contributed by atoms with Gasteiger partial charge in [0.25, 0.3) is 5.91 Å². The molecule has 0 unspecified atom stereocenters. The van der Waals surface area contributed by atoms with Gasteiger partial charge in [0.2, 0.25) is 0 Å². The van der Waals surface area contributed by atoms with Crippen LogP contribution in [0, 0.1) is 0 Å². The molecule has 1 saturated heterocycles. The molecule has 0 radical (unpaired) electrons. The van der Waals surface area contributed by atoms with Crippen molar-refractivity contribution in [2.45, 2.75) is 25.2 Å². The van der Waals surface area contributed by atoms with Gasteiger partial charge in [0, 0.05) is 30.4 Å². The molecule has 1 aromatic heterocycles. The van der Waals surface area contributed by atoms with Gasteiger partial charge in [-0.1, -0.05) is 25.1 Å². The molecule has 116 valence electrons. The number of likely N-dealkylation sites (tertiary alicyclic amines) is 1. The summed E-state index contributed by atoms with van der Waals surface area (Å²) in [5.74, 6) is 0.762. The molecule has 1 aliphatic heterocycles. The lowest BCUT2D eigenvalue weighted by molar-refractivity contribution is -0.135. The molecule has 0 saturated carbocycles. The molecule has 5 nitrogen and oxygen atoms in total. The highest BCUT2D eigenvalue weighted by atomic mass is 16.5. The van der Waals surface area contributed by atoms with Gasteiger partial charge in [-0.25, -0.2) is 0 Å². The second-order valence-electron chi connectivity index (χ2n) is 6.05. The van der Waals surface area contributed by atoms with E-state index in [9.17, 15) is 4.79 Å². The summed E-state index contributed by atoms with van der Waals surface area (Å²) in [6, 6.07) is 11.4. The zero-order valence-electron chi connectivity index (χ0n) is 12.8. The van der Waals surface area contributed by atoms with E-state index in [0.29, 0.717) is 6.54 Å². The lowest BCUT2D eigenvalue weighted by Crippen LogP contribution is -2.48. The van der Waals surface area contributed by atoms with Crippen LogP contribution in [0.5, 0.6) is 5.75 Å². The Bertz CT molecular complexity index is 612. The average molecular weight is 299 g/mol. The van der Waals surface area contributed by atoms with Crippen LogP contribution >= 0.6 is 0 Å². The number of benzene rings is 1. The number of rotatable bonds is 4. The van der Waals surface area contributed by atoms with Crippen molar-refractivity contribution >= 4 is 5.91 Å². The number of nitrogens with one attached hydrogen (secondary N) is 1. The fourth-order valence-corrected chi connectivity index (χ4v) is 3.02. The van der Waals surface area contributed by atoms with Crippen LogP contribution in [0.15, 0.2) is 42.6 Å². The molecular weight excluding hydrogens is 278 g/mol. The Hall–Kier alpha value is -2.30. The number of H-pyrrole nitrogens is 1. The molecule has 2 aromatic rings. The minimum Gasteiger partial charge on any atom is -0.484 e. The second-order valence-corrected chi connectivity index (χ2v) is 6.05. The van der Waals surface area contributed by atoms with Crippen LogP contribution in [-0.4, -0.2) is 40.7 Å². The standard InChI is InChI=1S/C17H21N3O2/c1-17(15-8-10-18-19-15)9-5-11-20(13-17)16(21)12-22-14-6-3-2-4-7-14/h2-4,6-8,10H,5,9,11-13H2,1H3,(H,18,19)/t17-/m1/s1. The predicted molar refractivity (Wildman–Crippen MR) is 83.7 cm³/mol. The van der Waals surface area contributed by atoms with Crippen molar-refractivity contribution in [3.8, 4) is 5.75 Å². The third-order valence-electron chi connectivity index (χ3n) is 4.31. The van der Waals surface area contributed by atoms with E-state index in [0.717, 1.165) is 30.8 Å². The van der Waals surface area contributed by atoms with Gasteiger partial charge in [-0.2, -0.15) is 5.10 Å². The summed E-state index contributed by atoms with van der Waals surface area (Å²) in [6.45, 7) is 3.76. The number of carbonyl (C=O) groups is 1. The van der Waals surface area contributed by atoms with Crippen molar-refractivity contribution in [1.82, 2.24) is 15.1 Å². The molecule has 1 aliphatic rings. The maximum Gasteiger partial charge on any atom is 0.260 e. The summed E-state index contributed by atoms with van der Waals surface area (Å²) < 4.78 is 5.57. The minimum atomic E-state index is -0.0584. The number of aromatic nitrogens is 2. The normalized spacial score (nSPS) is 21.6. The third kappa shape index (κ3) is 3.13. The number of para-hydroxylation sites is 1. The number of amides is 1. The van der Waals surface area contributed by atoms with E-state index in [1.165, 1.54) is 0 Å². The number of nitrogens with zero attached hydrogens (tertiary/aromatic N) is 2. The Balaban J connectivity index is 1.61. The molecule has 5 heteroatoms. The molecule has 0 spiro atoms. The highest BCUT2D eigenvalue weighted by Gasteiger charge is 2.35. The van der Waals surface area contributed by atoms with E-state index in [-0.39, 0.29) is 17.9 Å². The van der Waals surface area contributed by atoms with Crippen LogP contribution in [0.1, 0.15) is 25.5 Å². The molecule has 1 fully saturated rings. The van der Waals surface area contributed by atoms with Gasteiger partial charge in [-0.05, 0) is 31.0 Å². The average Bonchev–Trinajstić information content (AvgIpc) is 3.09. The maximum absolute atomic E-state index is 12.4. The van der Waals surface area contributed by atoms with Crippen LogP contribution in [0.4, 0.5) is 0 Å². The van der Waals surface area contributed by atoms with Crippen molar-refractivity contribution in [1.29, 1.82) is 0 Å². The van der Waals surface area contributed by atoms with Gasteiger partial charge >= 0.3 is 0 Å². The Morgan fingerprint density at radius 3 is 2.91 bits per heavy atom. The summed E-state index contributed by atoms with van der Waals surface area (Å²) in [7, 11) is 0. The number of hydrogen-bond acceptors (Lipinski definition) is 3. The molecule has 1 atom stereocenters. The van der Waals surface area contributed by atoms with Crippen molar-refractivity contribution < 1.29 is 9.53 Å². The van der Waals surface area contributed by atoms with Gasteiger partial charge in [0.05, 0.1) is 0 Å². The lowest BCUT2D eigenvalue weighted by atomic mass is 9.79. The maximum atomic E-state index is 12.4. The number of hydrogen-bond donors (Lipinski definition) is 1. The summed E-state index contributed by atoms with van der Waals surface area (Å²) >= 11 is 0. The van der Waals surface area contributed by atoms with Crippen molar-refractivity contribution in [2.24, 2.45) is 0 Å². The number of aromatic amines is 1. The van der Waals surface area contributed by atoms with Crippen LogP contribution in [0.25, 0.3) is 0 Å². The first-order valence-electron chi connectivity index (χ1n) is 7.63. The monoisotopic (exact) mass is 299 g/mol. The first-order valence-corrected chi connectivity index (χ1v) is 7.63. The fourth-order valence-electron chi connectivity index (χ4n) is 3.02. The first-order chi connectivity index (χ1) is 10.7. The van der Waals surface area contributed by atoms with E-state index in [2.05, 4.69) is 17.1 Å². The van der Waals surface area contributed by atoms with Crippen LogP contribution in [0.2, 0.25) is 0 Å². The van der Waals surface area contributed by atoms with Gasteiger partial charge < -0.3 is 9.64 Å². The molecule has 1 N–H and O–H groups in total. The van der Waals surface area contributed by atoms with Crippen molar-refractivity contribution in [3.63, 3.8) is 0 Å². The Kier molecular flexibility index (Phi) is 4.13. The lowest BCUT2D eigenvalue weighted by Gasteiger charge is -2.39.